The zero-order valence-corrected chi connectivity index (χ0v) is 31.6. The van der Waals surface area contributed by atoms with Crippen LogP contribution in [0.2, 0.25) is 5.02 Å². The van der Waals surface area contributed by atoms with E-state index in [4.69, 9.17) is 16.3 Å². The van der Waals surface area contributed by atoms with Crippen LogP contribution in [0.15, 0.2) is 59.1 Å². The van der Waals surface area contributed by atoms with E-state index >= 15 is 8.78 Å². The smallest absolute Gasteiger partial charge is 0.335 e. The Labute approximate surface area is 311 Å². The first-order chi connectivity index (χ1) is 24.3. The Morgan fingerprint density at radius 2 is 1.67 bits per heavy atom. The summed E-state index contributed by atoms with van der Waals surface area (Å²) in [6, 6.07) is 14.0. The first kappa shape index (κ1) is 39.1. The third kappa shape index (κ3) is 8.56. The van der Waals surface area contributed by atoms with Crippen molar-refractivity contribution >= 4 is 60.8 Å². The van der Waals surface area contributed by atoms with Crippen LogP contribution in [0, 0.1) is 23.3 Å². The number of nitrogens with zero attached hydrogens (tertiary/aromatic N) is 1. The number of anilines is 2. The average Bonchev–Trinajstić information content (AvgIpc) is 3.93. The highest BCUT2D eigenvalue weighted by atomic mass is 79.9. The van der Waals surface area contributed by atoms with E-state index in [2.05, 4.69) is 22.0 Å². The maximum absolute atomic E-state index is 15.3. The third-order valence-electron chi connectivity index (χ3n) is 8.62. The van der Waals surface area contributed by atoms with Gasteiger partial charge in [-0.3, -0.25) is 9.52 Å². The molecule has 0 atom stereocenters. The first-order valence-electron chi connectivity index (χ1n) is 16.0. The molecule has 0 bridgehead atoms. The van der Waals surface area contributed by atoms with Crippen molar-refractivity contribution in [2.75, 3.05) is 22.5 Å². The number of nitrogens with one attached hydrogen (secondary N) is 1. The average molecular weight is 826 g/mol. The van der Waals surface area contributed by atoms with E-state index in [9.17, 15) is 31.9 Å². The van der Waals surface area contributed by atoms with Crippen molar-refractivity contribution in [1.29, 1.82) is 0 Å². The summed E-state index contributed by atoms with van der Waals surface area (Å²) >= 11 is 9.47. The number of ether oxygens (including phenoxy) is 1. The van der Waals surface area contributed by atoms with Gasteiger partial charge in [-0.15, -0.1) is 0 Å². The second kappa shape index (κ2) is 15.1. The molecule has 0 heterocycles. The normalized spacial score (nSPS) is 13.2. The summed E-state index contributed by atoms with van der Waals surface area (Å²) in [6.45, 7) is 5.88. The number of aromatic carboxylic acids is 1. The van der Waals surface area contributed by atoms with Crippen molar-refractivity contribution in [2.24, 2.45) is 0 Å². The summed E-state index contributed by atoms with van der Waals surface area (Å²) in [6.07, 6.45) is 1.32. The predicted molar refractivity (Wildman–Crippen MR) is 194 cm³/mol. The predicted octanol–water partition coefficient (Wildman–Crippen LogP) is 9.11. The number of carbonyl (C=O) groups excluding carboxylic acids is 1. The topological polar surface area (TPSA) is 113 Å². The van der Waals surface area contributed by atoms with Gasteiger partial charge in [-0.05, 0) is 86.6 Å². The number of carboxylic acid groups (broad SMARTS) is 1. The first-order valence-corrected chi connectivity index (χ1v) is 18.8. The zero-order valence-electron chi connectivity index (χ0n) is 28.4. The minimum atomic E-state index is -4.98. The summed E-state index contributed by atoms with van der Waals surface area (Å²) < 4.78 is 94.3. The van der Waals surface area contributed by atoms with Gasteiger partial charge < -0.3 is 14.7 Å². The third-order valence-corrected chi connectivity index (χ3v) is 11.1. The van der Waals surface area contributed by atoms with Crippen molar-refractivity contribution in [1.82, 2.24) is 0 Å². The molecular formula is C37H34BrClF4N2O6S. The van der Waals surface area contributed by atoms with Crippen molar-refractivity contribution < 1.29 is 45.4 Å². The fourth-order valence-corrected chi connectivity index (χ4v) is 7.35. The van der Waals surface area contributed by atoms with Gasteiger partial charge in [-0.1, -0.05) is 62.7 Å². The van der Waals surface area contributed by atoms with Crippen LogP contribution in [0.3, 0.4) is 0 Å². The van der Waals surface area contributed by atoms with Crippen LogP contribution in [0.4, 0.5) is 28.9 Å². The van der Waals surface area contributed by atoms with E-state index in [1.54, 1.807) is 10.8 Å². The van der Waals surface area contributed by atoms with Crippen LogP contribution in [0.5, 0.6) is 5.75 Å². The van der Waals surface area contributed by atoms with Gasteiger partial charge in [0.2, 0.25) is 15.9 Å². The van der Waals surface area contributed by atoms with Gasteiger partial charge in [0.05, 0.1) is 35.6 Å². The molecule has 5 rings (SSSR count). The Hall–Kier alpha value is -4.14. The molecular weight excluding hydrogens is 792 g/mol. The van der Waals surface area contributed by atoms with Crippen LogP contribution in [0.25, 0.3) is 0 Å². The molecule has 4 aromatic carbocycles. The number of amides is 1. The molecule has 1 aliphatic rings. The molecule has 1 fully saturated rings. The highest BCUT2D eigenvalue weighted by Crippen LogP contribution is 2.42. The lowest BCUT2D eigenvalue weighted by Gasteiger charge is -2.27. The van der Waals surface area contributed by atoms with Crippen LogP contribution in [-0.4, -0.2) is 38.3 Å². The minimum Gasteiger partial charge on any atom is -0.495 e. The fraction of sp³-hybridized carbons (Fsp3) is 0.297. The lowest BCUT2D eigenvalue weighted by atomic mass is 9.84. The molecule has 15 heteroatoms. The fourth-order valence-electron chi connectivity index (χ4n) is 5.68. The number of halogens is 6. The molecule has 276 valence electrons. The number of sulfonamides is 1. The molecule has 0 saturated heterocycles. The molecule has 0 aliphatic heterocycles. The summed E-state index contributed by atoms with van der Waals surface area (Å²) in [5.74, 6) is -11.8. The number of hydrogen-bond donors (Lipinski definition) is 2. The Kier molecular flexibility index (Phi) is 11.3. The lowest BCUT2D eigenvalue weighted by molar-refractivity contribution is -0.116. The lowest BCUT2D eigenvalue weighted by Crippen LogP contribution is -2.37. The van der Waals surface area contributed by atoms with Crippen LogP contribution < -0.4 is 14.4 Å². The molecule has 4 aromatic rings. The van der Waals surface area contributed by atoms with Gasteiger partial charge in [0, 0.05) is 16.5 Å². The number of benzene rings is 4. The number of rotatable bonds is 12. The molecule has 8 nitrogen and oxygen atoms in total. The minimum absolute atomic E-state index is 0.0249. The number of carboxylic acids is 1. The largest absolute Gasteiger partial charge is 0.495 e. The van der Waals surface area contributed by atoms with E-state index in [1.165, 1.54) is 37.4 Å². The highest BCUT2D eigenvalue weighted by molar-refractivity contribution is 9.10. The molecule has 0 spiro atoms. The molecule has 1 saturated carbocycles. The van der Waals surface area contributed by atoms with Gasteiger partial charge in [0.25, 0.3) is 0 Å². The van der Waals surface area contributed by atoms with Gasteiger partial charge in [-0.2, -0.15) is 0 Å². The maximum atomic E-state index is 15.3. The standard InChI is InChI=1S/C37H34BrClF4N2O6S/c1-37(2,3)24-13-19(12-23(14-24)20-8-9-20)17-45(27-11-10-22(36(47)48)16-28(27)51-4)29(46)18-52(49,50)44-35-25(31(40)32(41)33(42)34(35)43)15-21-6-5-7-26(38)30(21)39/h5-7,10-14,16,20,44H,8-9,15,17-18H2,1-4H3,(H,47,48). The molecule has 0 aromatic heterocycles. The van der Waals surface area contributed by atoms with E-state index in [0.29, 0.717) is 16.0 Å². The van der Waals surface area contributed by atoms with Gasteiger partial charge in [-0.25, -0.2) is 30.8 Å². The number of hydrogen-bond acceptors (Lipinski definition) is 5. The Balaban J connectivity index is 1.56. The number of methoxy groups -OCH3 is 1. The van der Waals surface area contributed by atoms with Crippen molar-refractivity contribution in [2.45, 2.75) is 57.9 Å². The Bertz CT molecular complexity index is 2190. The second-order valence-electron chi connectivity index (χ2n) is 13.5. The molecule has 0 radical (unpaired) electrons. The maximum Gasteiger partial charge on any atom is 0.335 e. The zero-order chi connectivity index (χ0) is 38.3. The van der Waals surface area contributed by atoms with Crippen molar-refractivity contribution in [3.8, 4) is 5.75 Å². The summed E-state index contributed by atoms with van der Waals surface area (Å²) in [7, 11) is -3.73. The van der Waals surface area contributed by atoms with Crippen molar-refractivity contribution in [3.05, 3.63) is 121 Å². The SMILES string of the molecule is COc1cc(C(=O)O)ccc1N(Cc1cc(C2CC2)cc(C(C)(C)C)c1)C(=O)CS(=O)(=O)Nc1c(F)c(F)c(F)c(F)c1Cc1cccc(Br)c1Cl. The van der Waals surface area contributed by atoms with Gasteiger partial charge >= 0.3 is 5.97 Å². The van der Waals surface area contributed by atoms with Crippen molar-refractivity contribution in [3.63, 3.8) is 0 Å². The summed E-state index contributed by atoms with van der Waals surface area (Å²) in [5, 5.41) is 9.59. The second-order valence-corrected chi connectivity index (χ2v) is 16.5. The van der Waals surface area contributed by atoms with E-state index in [-0.39, 0.29) is 39.5 Å². The Morgan fingerprint density at radius 1 is 1.00 bits per heavy atom. The monoisotopic (exact) mass is 824 g/mol. The van der Waals surface area contributed by atoms with Gasteiger partial charge in [0.1, 0.15) is 11.5 Å². The molecule has 0 unspecified atom stereocenters. The molecule has 1 amide bonds. The van der Waals surface area contributed by atoms with Crippen LogP contribution >= 0.6 is 27.5 Å². The van der Waals surface area contributed by atoms with E-state index in [0.717, 1.165) is 28.9 Å². The quantitative estimate of drug-likeness (QED) is 0.0838. The summed E-state index contributed by atoms with van der Waals surface area (Å²) in [5.41, 5.74) is 0.233. The van der Waals surface area contributed by atoms with Gasteiger partial charge in [0.15, 0.2) is 23.3 Å². The van der Waals surface area contributed by atoms with Crippen LogP contribution in [0.1, 0.15) is 77.7 Å². The van der Waals surface area contributed by atoms with E-state index in [1.807, 2.05) is 32.9 Å². The highest BCUT2D eigenvalue weighted by Gasteiger charge is 2.32. The van der Waals surface area contributed by atoms with E-state index < -0.39 is 68.6 Å². The van der Waals surface area contributed by atoms with Crippen LogP contribution in [-0.2, 0) is 33.2 Å². The molecule has 1 aliphatic carbocycles. The molecule has 52 heavy (non-hydrogen) atoms. The Morgan fingerprint density at radius 3 is 2.29 bits per heavy atom. The number of carbonyl (C=O) groups is 2. The molecule has 2 N–H and O–H groups in total. The summed E-state index contributed by atoms with van der Waals surface area (Å²) in [4.78, 5) is 26.9.